The molecule has 3 heteroatoms. The third kappa shape index (κ3) is 2.09. The molecular formula is C13H18N2O. The van der Waals surface area contributed by atoms with Crippen molar-refractivity contribution >= 4 is 11.1 Å². The zero-order valence-electron chi connectivity index (χ0n) is 10.1. The minimum absolute atomic E-state index is 0.541. The Balaban J connectivity index is 2.36. The lowest BCUT2D eigenvalue weighted by Crippen LogP contribution is -2.16. The Morgan fingerprint density at radius 1 is 1.44 bits per heavy atom. The first kappa shape index (κ1) is 11.1. The molecule has 0 saturated heterocycles. The summed E-state index contributed by atoms with van der Waals surface area (Å²) in [4.78, 5) is 4.30. The molecule has 1 unspecified atom stereocenters. The molecule has 0 saturated carbocycles. The highest BCUT2D eigenvalue weighted by molar-refractivity contribution is 5.73. The highest BCUT2D eigenvalue weighted by Gasteiger charge is 2.10. The van der Waals surface area contributed by atoms with Crippen molar-refractivity contribution < 1.29 is 4.42 Å². The molecule has 0 radical (unpaired) electrons. The number of nitrogens with zero attached hydrogens (tertiary/aromatic N) is 1. The molecule has 1 aromatic carbocycles. The van der Waals surface area contributed by atoms with Gasteiger partial charge in [-0.2, -0.15) is 0 Å². The number of likely N-dealkylation sites (N-methyl/N-ethyl adjacent to an activating group) is 1. The van der Waals surface area contributed by atoms with Gasteiger partial charge in [0.05, 0.1) is 0 Å². The van der Waals surface area contributed by atoms with Gasteiger partial charge < -0.3 is 9.73 Å². The summed E-state index contributed by atoms with van der Waals surface area (Å²) in [5.74, 6) is 1.27. The molecule has 16 heavy (non-hydrogen) atoms. The minimum atomic E-state index is 0.541. The zero-order valence-corrected chi connectivity index (χ0v) is 10.1. The van der Waals surface area contributed by atoms with Crippen LogP contribution < -0.4 is 5.32 Å². The van der Waals surface area contributed by atoms with Crippen LogP contribution in [0.25, 0.3) is 11.1 Å². The number of hydrogen-bond donors (Lipinski definition) is 1. The van der Waals surface area contributed by atoms with Gasteiger partial charge in [-0.3, -0.25) is 0 Å². The maximum Gasteiger partial charge on any atom is 0.192 e. The van der Waals surface area contributed by atoms with Crippen LogP contribution in [0.15, 0.2) is 22.6 Å². The van der Waals surface area contributed by atoms with Gasteiger partial charge >= 0.3 is 0 Å². The number of benzene rings is 1. The highest BCUT2D eigenvalue weighted by atomic mass is 16.3. The number of nitrogens with one attached hydrogen (secondary N) is 1. The SMILES string of the molecule is CCC(CNC)c1ccc2nc(C)oc2c1. The Kier molecular flexibility index (Phi) is 3.25. The third-order valence-corrected chi connectivity index (χ3v) is 2.93. The van der Waals surface area contributed by atoms with E-state index in [1.165, 1.54) is 5.56 Å². The fourth-order valence-corrected chi connectivity index (χ4v) is 2.05. The highest BCUT2D eigenvalue weighted by Crippen LogP contribution is 2.24. The van der Waals surface area contributed by atoms with Crippen molar-refractivity contribution in [2.45, 2.75) is 26.2 Å². The second-order valence-electron chi connectivity index (χ2n) is 4.12. The number of fused-ring (bicyclic) bond motifs is 1. The number of hydrogen-bond acceptors (Lipinski definition) is 3. The van der Waals surface area contributed by atoms with Crippen molar-refractivity contribution in [3.8, 4) is 0 Å². The molecule has 2 aromatic rings. The number of rotatable bonds is 4. The molecular weight excluding hydrogens is 200 g/mol. The first-order valence-electron chi connectivity index (χ1n) is 5.76. The summed E-state index contributed by atoms with van der Waals surface area (Å²) >= 11 is 0. The summed E-state index contributed by atoms with van der Waals surface area (Å²) in [6, 6.07) is 6.30. The Morgan fingerprint density at radius 3 is 2.94 bits per heavy atom. The van der Waals surface area contributed by atoms with Crippen LogP contribution in [0.3, 0.4) is 0 Å². The van der Waals surface area contributed by atoms with Crippen molar-refractivity contribution in [1.82, 2.24) is 10.3 Å². The molecule has 0 aliphatic rings. The minimum Gasteiger partial charge on any atom is -0.441 e. The van der Waals surface area contributed by atoms with E-state index in [-0.39, 0.29) is 0 Å². The van der Waals surface area contributed by atoms with E-state index in [4.69, 9.17) is 4.42 Å². The van der Waals surface area contributed by atoms with E-state index in [9.17, 15) is 0 Å². The van der Waals surface area contributed by atoms with Crippen molar-refractivity contribution in [2.75, 3.05) is 13.6 Å². The van der Waals surface area contributed by atoms with Crippen LogP contribution in [0.4, 0.5) is 0 Å². The lowest BCUT2D eigenvalue weighted by Gasteiger charge is -2.14. The van der Waals surface area contributed by atoms with Crippen LogP contribution in [-0.2, 0) is 0 Å². The molecule has 2 rings (SSSR count). The summed E-state index contributed by atoms with van der Waals surface area (Å²) in [6.45, 7) is 5.08. The van der Waals surface area contributed by atoms with E-state index in [0.29, 0.717) is 5.92 Å². The van der Waals surface area contributed by atoms with Crippen LogP contribution in [0, 0.1) is 6.92 Å². The van der Waals surface area contributed by atoms with Gasteiger partial charge in [0, 0.05) is 13.5 Å². The summed E-state index contributed by atoms with van der Waals surface area (Å²) in [5, 5.41) is 3.22. The topological polar surface area (TPSA) is 38.1 Å². The Labute approximate surface area is 95.9 Å². The maximum absolute atomic E-state index is 5.55. The summed E-state index contributed by atoms with van der Waals surface area (Å²) in [5.41, 5.74) is 3.16. The van der Waals surface area contributed by atoms with Crippen LogP contribution >= 0.6 is 0 Å². The molecule has 0 bridgehead atoms. The summed E-state index contributed by atoms with van der Waals surface area (Å²) in [7, 11) is 1.99. The van der Waals surface area contributed by atoms with E-state index in [1.807, 2.05) is 20.0 Å². The van der Waals surface area contributed by atoms with Crippen molar-refractivity contribution in [2.24, 2.45) is 0 Å². The van der Waals surface area contributed by atoms with E-state index in [2.05, 4.69) is 29.4 Å². The van der Waals surface area contributed by atoms with Crippen molar-refractivity contribution in [1.29, 1.82) is 0 Å². The fourth-order valence-electron chi connectivity index (χ4n) is 2.05. The lowest BCUT2D eigenvalue weighted by atomic mass is 9.96. The molecule has 0 amide bonds. The predicted molar refractivity (Wildman–Crippen MR) is 65.7 cm³/mol. The van der Waals surface area contributed by atoms with Gasteiger partial charge in [0.1, 0.15) is 5.52 Å². The quantitative estimate of drug-likeness (QED) is 0.857. The molecule has 1 atom stereocenters. The maximum atomic E-state index is 5.55. The molecule has 0 aliphatic heterocycles. The second kappa shape index (κ2) is 4.66. The first-order valence-corrected chi connectivity index (χ1v) is 5.76. The fraction of sp³-hybridized carbons (Fsp3) is 0.462. The van der Waals surface area contributed by atoms with Crippen molar-refractivity contribution in [3.63, 3.8) is 0 Å². The van der Waals surface area contributed by atoms with Gasteiger partial charge in [0.15, 0.2) is 11.5 Å². The summed E-state index contributed by atoms with van der Waals surface area (Å²) < 4.78 is 5.55. The van der Waals surface area contributed by atoms with Crippen LogP contribution in [0.1, 0.15) is 30.7 Å². The van der Waals surface area contributed by atoms with E-state index >= 15 is 0 Å². The Hall–Kier alpha value is -1.35. The zero-order chi connectivity index (χ0) is 11.5. The molecule has 1 N–H and O–H groups in total. The second-order valence-corrected chi connectivity index (χ2v) is 4.12. The predicted octanol–water partition coefficient (Wildman–Crippen LogP) is 2.85. The average molecular weight is 218 g/mol. The molecule has 0 spiro atoms. The van der Waals surface area contributed by atoms with E-state index in [0.717, 1.165) is 30.0 Å². The van der Waals surface area contributed by atoms with Crippen LogP contribution in [0.2, 0.25) is 0 Å². The van der Waals surface area contributed by atoms with Crippen LogP contribution in [-0.4, -0.2) is 18.6 Å². The van der Waals surface area contributed by atoms with Gasteiger partial charge in [-0.15, -0.1) is 0 Å². The summed E-state index contributed by atoms with van der Waals surface area (Å²) in [6.07, 6.45) is 1.12. The first-order chi connectivity index (χ1) is 7.74. The van der Waals surface area contributed by atoms with Gasteiger partial charge in [0.2, 0.25) is 0 Å². The molecule has 86 valence electrons. The number of aromatic nitrogens is 1. The molecule has 0 fully saturated rings. The molecule has 1 aromatic heterocycles. The number of oxazole rings is 1. The molecule has 1 heterocycles. The van der Waals surface area contributed by atoms with E-state index in [1.54, 1.807) is 0 Å². The van der Waals surface area contributed by atoms with Gasteiger partial charge in [-0.05, 0) is 37.1 Å². The standard InChI is InChI=1S/C13H18N2O/c1-4-10(8-14-3)11-5-6-12-13(7-11)16-9(2)15-12/h5-7,10,14H,4,8H2,1-3H3. The van der Waals surface area contributed by atoms with Gasteiger partial charge in [0.25, 0.3) is 0 Å². The normalized spacial score (nSPS) is 13.2. The van der Waals surface area contributed by atoms with E-state index < -0.39 is 0 Å². The monoisotopic (exact) mass is 218 g/mol. The van der Waals surface area contributed by atoms with Crippen molar-refractivity contribution in [3.05, 3.63) is 29.7 Å². The largest absolute Gasteiger partial charge is 0.441 e. The lowest BCUT2D eigenvalue weighted by molar-refractivity contribution is 0.558. The molecule has 3 nitrogen and oxygen atoms in total. The number of aryl methyl sites for hydroxylation is 1. The van der Waals surface area contributed by atoms with Crippen LogP contribution in [0.5, 0.6) is 0 Å². The molecule has 0 aliphatic carbocycles. The third-order valence-electron chi connectivity index (χ3n) is 2.93. The average Bonchev–Trinajstić information content (AvgIpc) is 2.64. The Morgan fingerprint density at radius 2 is 2.25 bits per heavy atom. The smallest absolute Gasteiger partial charge is 0.192 e. The van der Waals surface area contributed by atoms with Gasteiger partial charge in [-0.1, -0.05) is 13.0 Å². The Bertz CT molecular complexity index is 476. The van der Waals surface area contributed by atoms with Gasteiger partial charge in [-0.25, -0.2) is 4.98 Å².